The fraction of sp³-hybridized carbons (Fsp3) is 0.714. The molecule has 60 valence electrons. The van der Waals surface area contributed by atoms with Crippen LogP contribution in [0.15, 0.2) is 0 Å². The van der Waals surface area contributed by atoms with E-state index in [2.05, 4.69) is 10.3 Å². The minimum absolute atomic E-state index is 0.514. The third-order valence-electron chi connectivity index (χ3n) is 2.10. The molecular weight excluding hydrogens is 140 g/mol. The van der Waals surface area contributed by atoms with E-state index in [1.807, 2.05) is 11.7 Å². The van der Waals surface area contributed by atoms with Gasteiger partial charge in [0.25, 0.3) is 0 Å². The van der Waals surface area contributed by atoms with Gasteiger partial charge >= 0.3 is 0 Å². The van der Waals surface area contributed by atoms with E-state index in [1.165, 1.54) is 18.5 Å². The van der Waals surface area contributed by atoms with Gasteiger partial charge in [0.05, 0.1) is 11.4 Å². The highest BCUT2D eigenvalue weighted by Crippen LogP contribution is 2.40. The quantitative estimate of drug-likeness (QED) is 0.656. The zero-order chi connectivity index (χ0) is 7.84. The highest BCUT2D eigenvalue weighted by molar-refractivity contribution is 5.19. The molecular formula is C7H12N4. The molecule has 2 N–H and O–H groups in total. The molecule has 1 saturated carbocycles. The first-order valence-electron chi connectivity index (χ1n) is 3.91. The number of aromatic nitrogens is 3. The van der Waals surface area contributed by atoms with Crippen molar-refractivity contribution >= 4 is 0 Å². The van der Waals surface area contributed by atoms with Gasteiger partial charge in [0.1, 0.15) is 0 Å². The van der Waals surface area contributed by atoms with E-state index < -0.39 is 0 Å². The molecule has 1 aromatic heterocycles. The summed E-state index contributed by atoms with van der Waals surface area (Å²) in [6, 6.07) is 0. The molecule has 1 aliphatic rings. The molecule has 0 unspecified atom stereocenters. The van der Waals surface area contributed by atoms with Crippen LogP contribution in [0, 0.1) is 0 Å². The van der Waals surface area contributed by atoms with Crippen molar-refractivity contribution in [1.82, 2.24) is 15.0 Å². The molecule has 0 atom stereocenters. The number of nitrogens with two attached hydrogens (primary N) is 1. The lowest BCUT2D eigenvalue weighted by molar-refractivity contribution is 0.679. The third-order valence-corrected chi connectivity index (χ3v) is 2.10. The number of nitrogens with zero attached hydrogens (tertiary/aromatic N) is 3. The van der Waals surface area contributed by atoms with Crippen molar-refractivity contribution in [3.63, 3.8) is 0 Å². The first-order valence-corrected chi connectivity index (χ1v) is 3.91. The first-order chi connectivity index (χ1) is 5.33. The van der Waals surface area contributed by atoms with Gasteiger partial charge in [0, 0.05) is 19.5 Å². The van der Waals surface area contributed by atoms with Crippen LogP contribution in [0.4, 0.5) is 0 Å². The molecule has 1 heterocycles. The van der Waals surface area contributed by atoms with Gasteiger partial charge in [-0.05, 0) is 12.8 Å². The first kappa shape index (κ1) is 6.79. The van der Waals surface area contributed by atoms with Crippen molar-refractivity contribution in [3.8, 4) is 0 Å². The second-order valence-corrected chi connectivity index (χ2v) is 3.02. The smallest absolute Gasteiger partial charge is 0.0997 e. The van der Waals surface area contributed by atoms with Crippen LogP contribution in [0.3, 0.4) is 0 Å². The lowest BCUT2D eigenvalue weighted by Gasteiger charge is -1.98. The topological polar surface area (TPSA) is 56.7 Å². The lowest BCUT2D eigenvalue weighted by Crippen LogP contribution is -2.02. The van der Waals surface area contributed by atoms with Gasteiger partial charge < -0.3 is 5.73 Å². The number of hydrogen-bond donors (Lipinski definition) is 1. The number of rotatable bonds is 2. The average Bonchev–Trinajstić information content (AvgIpc) is 2.76. The molecule has 0 bridgehead atoms. The Hall–Kier alpha value is -0.900. The predicted molar refractivity (Wildman–Crippen MR) is 40.9 cm³/mol. The van der Waals surface area contributed by atoms with E-state index in [0.29, 0.717) is 12.5 Å². The summed E-state index contributed by atoms with van der Waals surface area (Å²) in [5.41, 5.74) is 7.72. The Balaban J connectivity index is 2.38. The summed E-state index contributed by atoms with van der Waals surface area (Å²) in [5.74, 6) is 0.688. The Kier molecular flexibility index (Phi) is 1.42. The van der Waals surface area contributed by atoms with Crippen molar-refractivity contribution < 1.29 is 0 Å². The molecule has 0 aliphatic heterocycles. The molecule has 1 fully saturated rings. The molecule has 4 heteroatoms. The molecule has 4 nitrogen and oxygen atoms in total. The van der Waals surface area contributed by atoms with Crippen molar-refractivity contribution in [2.24, 2.45) is 12.8 Å². The van der Waals surface area contributed by atoms with Crippen LogP contribution in [0.25, 0.3) is 0 Å². The Morgan fingerprint density at radius 1 is 1.64 bits per heavy atom. The third kappa shape index (κ3) is 1.03. The molecule has 0 aromatic carbocycles. The van der Waals surface area contributed by atoms with E-state index in [-0.39, 0.29) is 0 Å². The monoisotopic (exact) mass is 152 g/mol. The second kappa shape index (κ2) is 2.30. The van der Waals surface area contributed by atoms with Gasteiger partial charge in [-0.15, -0.1) is 5.10 Å². The van der Waals surface area contributed by atoms with Crippen molar-refractivity contribution in [2.45, 2.75) is 25.3 Å². The highest BCUT2D eigenvalue weighted by Gasteiger charge is 2.29. The van der Waals surface area contributed by atoms with E-state index in [1.54, 1.807) is 0 Å². The Bertz CT molecular complexity index is 261. The zero-order valence-electron chi connectivity index (χ0n) is 6.62. The summed E-state index contributed by atoms with van der Waals surface area (Å²) in [5, 5.41) is 7.92. The molecule has 0 radical (unpaired) electrons. The molecule has 2 rings (SSSR count). The summed E-state index contributed by atoms with van der Waals surface area (Å²) in [6.07, 6.45) is 2.54. The van der Waals surface area contributed by atoms with Crippen molar-refractivity contribution in [3.05, 3.63) is 11.4 Å². The van der Waals surface area contributed by atoms with E-state index >= 15 is 0 Å². The highest BCUT2D eigenvalue weighted by atomic mass is 15.4. The largest absolute Gasteiger partial charge is 0.325 e. The van der Waals surface area contributed by atoms with E-state index in [4.69, 9.17) is 5.73 Å². The Morgan fingerprint density at radius 3 is 2.91 bits per heavy atom. The fourth-order valence-corrected chi connectivity index (χ4v) is 1.41. The summed E-state index contributed by atoms with van der Waals surface area (Å²) in [4.78, 5) is 0. The van der Waals surface area contributed by atoms with Crippen LogP contribution in [-0.2, 0) is 13.6 Å². The Labute approximate surface area is 65.4 Å². The zero-order valence-corrected chi connectivity index (χ0v) is 6.62. The SMILES string of the molecule is Cn1nnc(CN)c1C1CC1. The van der Waals surface area contributed by atoms with E-state index in [0.717, 1.165) is 5.69 Å². The molecule has 1 aliphatic carbocycles. The molecule has 1 aromatic rings. The summed E-state index contributed by atoms with van der Waals surface area (Å²) in [7, 11) is 1.93. The van der Waals surface area contributed by atoms with E-state index in [9.17, 15) is 0 Å². The maximum Gasteiger partial charge on any atom is 0.0997 e. The summed E-state index contributed by atoms with van der Waals surface area (Å²) >= 11 is 0. The maximum absolute atomic E-state index is 5.51. The Morgan fingerprint density at radius 2 is 2.36 bits per heavy atom. The van der Waals surface area contributed by atoms with Crippen LogP contribution >= 0.6 is 0 Å². The molecule has 0 amide bonds. The van der Waals surface area contributed by atoms with Crippen LogP contribution in [0.5, 0.6) is 0 Å². The van der Waals surface area contributed by atoms with Crippen LogP contribution < -0.4 is 5.73 Å². The average molecular weight is 152 g/mol. The minimum Gasteiger partial charge on any atom is -0.325 e. The van der Waals surface area contributed by atoms with Crippen molar-refractivity contribution in [2.75, 3.05) is 0 Å². The maximum atomic E-state index is 5.51. The summed E-state index contributed by atoms with van der Waals surface area (Å²) in [6.45, 7) is 0.514. The van der Waals surface area contributed by atoms with Gasteiger partial charge in [-0.1, -0.05) is 5.21 Å². The van der Waals surface area contributed by atoms with Gasteiger partial charge in [0.2, 0.25) is 0 Å². The molecule has 0 spiro atoms. The second-order valence-electron chi connectivity index (χ2n) is 3.02. The van der Waals surface area contributed by atoms with Crippen LogP contribution in [0.1, 0.15) is 30.1 Å². The summed E-state index contributed by atoms with van der Waals surface area (Å²) < 4.78 is 1.85. The van der Waals surface area contributed by atoms with Crippen LogP contribution in [-0.4, -0.2) is 15.0 Å². The lowest BCUT2D eigenvalue weighted by atomic mass is 10.2. The predicted octanol–water partition coefficient (Wildman–Crippen LogP) is 0.151. The van der Waals surface area contributed by atoms with Crippen LogP contribution in [0.2, 0.25) is 0 Å². The number of aryl methyl sites for hydroxylation is 1. The van der Waals surface area contributed by atoms with Gasteiger partial charge in [0.15, 0.2) is 0 Å². The molecule has 11 heavy (non-hydrogen) atoms. The molecule has 0 saturated heterocycles. The van der Waals surface area contributed by atoms with Gasteiger partial charge in [-0.25, -0.2) is 0 Å². The standard InChI is InChI=1S/C7H12N4/c1-11-7(5-2-3-5)6(4-8)9-10-11/h5H,2-4,8H2,1H3. The normalized spacial score (nSPS) is 17.3. The minimum atomic E-state index is 0.514. The van der Waals surface area contributed by atoms with Crippen molar-refractivity contribution in [1.29, 1.82) is 0 Å². The fourth-order valence-electron chi connectivity index (χ4n) is 1.41. The van der Waals surface area contributed by atoms with Gasteiger partial charge in [-0.2, -0.15) is 0 Å². The number of hydrogen-bond acceptors (Lipinski definition) is 3. The van der Waals surface area contributed by atoms with Gasteiger partial charge in [-0.3, -0.25) is 4.68 Å².